The van der Waals surface area contributed by atoms with Gasteiger partial charge in [0.2, 0.25) is 0 Å². The maximum atomic E-state index is 12.9. The third kappa shape index (κ3) is 3.97. The van der Waals surface area contributed by atoms with Crippen LogP contribution in [0.25, 0.3) is 0 Å². The first-order chi connectivity index (χ1) is 14.3. The van der Waals surface area contributed by atoms with Gasteiger partial charge in [-0.15, -0.1) is 0 Å². The minimum atomic E-state index is -2.13. The fraction of sp³-hybridized carbons (Fsp3) is 0. The van der Waals surface area contributed by atoms with Crippen LogP contribution < -0.4 is 15.9 Å². The van der Waals surface area contributed by atoms with Crippen LogP contribution in [-0.4, -0.2) is 5.78 Å². The van der Waals surface area contributed by atoms with Gasteiger partial charge in [-0.05, 0) is 36.4 Å². The molecule has 0 spiro atoms. The zero-order valence-corrected chi connectivity index (χ0v) is 17.0. The summed E-state index contributed by atoms with van der Waals surface area (Å²) in [6.45, 7) is 0. The van der Waals surface area contributed by atoms with Crippen molar-refractivity contribution < 1.29 is 4.79 Å². The van der Waals surface area contributed by atoms with Crippen LogP contribution >= 0.6 is 7.26 Å². The van der Waals surface area contributed by atoms with Gasteiger partial charge in [0.1, 0.15) is 23.2 Å². The predicted octanol–water partition coefficient (Wildman–Crippen LogP) is 5.38. The van der Waals surface area contributed by atoms with E-state index in [4.69, 9.17) is 0 Å². The van der Waals surface area contributed by atoms with E-state index in [9.17, 15) is 4.79 Å². The summed E-state index contributed by atoms with van der Waals surface area (Å²) in [5.41, 5.74) is 0.705. The third-order valence-electron chi connectivity index (χ3n) is 5.00. The largest absolute Gasteiger partial charge is 0.289 e. The highest BCUT2D eigenvalue weighted by Gasteiger charge is 2.43. The lowest BCUT2D eigenvalue weighted by atomic mass is 10.1. The first kappa shape index (κ1) is 19.1. The molecule has 4 aromatic rings. The zero-order valence-electron chi connectivity index (χ0n) is 16.1. The van der Waals surface area contributed by atoms with Gasteiger partial charge in [-0.25, -0.2) is 0 Å². The quantitative estimate of drug-likeness (QED) is 0.244. The van der Waals surface area contributed by atoms with Crippen molar-refractivity contribution in [3.05, 3.63) is 139 Å². The maximum Gasteiger partial charge on any atom is 0.189 e. The van der Waals surface area contributed by atoms with Gasteiger partial charge in [0, 0.05) is 11.6 Å². The number of hydrogen-bond acceptors (Lipinski definition) is 1. The highest BCUT2D eigenvalue weighted by molar-refractivity contribution is 7.98. The normalized spacial score (nSPS) is 11.4. The van der Waals surface area contributed by atoms with Crippen molar-refractivity contribution >= 4 is 29.0 Å². The van der Waals surface area contributed by atoms with Gasteiger partial charge >= 0.3 is 0 Å². The fourth-order valence-electron chi connectivity index (χ4n) is 3.57. The van der Waals surface area contributed by atoms with Crippen molar-refractivity contribution in [3.8, 4) is 0 Å². The standard InChI is InChI=1S/C27H22OP/c28-27(23-13-5-1-6-14-23)21-22-29(24-15-7-2-8-16-24,25-17-9-3-10-18-25)26-19-11-4-12-20-26/h1-22H/q+1. The highest BCUT2D eigenvalue weighted by atomic mass is 31.2. The summed E-state index contributed by atoms with van der Waals surface area (Å²) in [6, 6.07) is 41.0. The minimum Gasteiger partial charge on any atom is -0.289 e. The molecular formula is C27H22OP+. The van der Waals surface area contributed by atoms with Crippen molar-refractivity contribution in [2.45, 2.75) is 0 Å². The van der Waals surface area contributed by atoms with Gasteiger partial charge in [-0.3, -0.25) is 4.79 Å². The average molecular weight is 393 g/mol. The Kier molecular flexibility index (Phi) is 5.79. The van der Waals surface area contributed by atoms with Gasteiger partial charge < -0.3 is 0 Å². The van der Waals surface area contributed by atoms with Gasteiger partial charge in [-0.1, -0.05) is 84.9 Å². The van der Waals surface area contributed by atoms with E-state index in [2.05, 4.69) is 78.6 Å². The van der Waals surface area contributed by atoms with Crippen molar-refractivity contribution in [2.75, 3.05) is 0 Å². The van der Waals surface area contributed by atoms with Crippen LogP contribution in [0.4, 0.5) is 0 Å². The molecule has 0 N–H and O–H groups in total. The topological polar surface area (TPSA) is 17.1 Å². The Morgan fingerprint density at radius 3 is 1.24 bits per heavy atom. The van der Waals surface area contributed by atoms with E-state index in [-0.39, 0.29) is 5.78 Å². The van der Waals surface area contributed by atoms with Crippen LogP contribution in [0.1, 0.15) is 10.4 Å². The van der Waals surface area contributed by atoms with E-state index in [1.165, 1.54) is 15.9 Å². The monoisotopic (exact) mass is 393 g/mol. The molecule has 0 heterocycles. The molecule has 0 saturated heterocycles. The Balaban J connectivity index is 1.93. The molecule has 0 radical (unpaired) electrons. The maximum absolute atomic E-state index is 12.9. The second-order valence-electron chi connectivity index (χ2n) is 6.78. The van der Waals surface area contributed by atoms with Gasteiger partial charge in [-0.2, -0.15) is 0 Å². The van der Waals surface area contributed by atoms with E-state index in [1.54, 1.807) is 6.08 Å². The molecule has 0 bridgehead atoms. The molecule has 4 aromatic carbocycles. The molecule has 0 amide bonds. The second kappa shape index (κ2) is 8.82. The minimum absolute atomic E-state index is 0.0257. The van der Waals surface area contributed by atoms with E-state index in [1.807, 2.05) is 48.5 Å². The number of allylic oxidation sites excluding steroid dienone is 1. The first-order valence-electron chi connectivity index (χ1n) is 9.65. The van der Waals surface area contributed by atoms with Crippen molar-refractivity contribution in [1.29, 1.82) is 0 Å². The summed E-state index contributed by atoms with van der Waals surface area (Å²) in [4.78, 5) is 12.9. The Morgan fingerprint density at radius 1 is 0.517 bits per heavy atom. The van der Waals surface area contributed by atoms with Crippen LogP contribution in [0.5, 0.6) is 0 Å². The lowest BCUT2D eigenvalue weighted by molar-refractivity contribution is 0.104. The Labute approximate surface area is 172 Å². The fourth-order valence-corrected chi connectivity index (χ4v) is 7.27. The van der Waals surface area contributed by atoms with Crippen molar-refractivity contribution in [1.82, 2.24) is 0 Å². The van der Waals surface area contributed by atoms with E-state index >= 15 is 0 Å². The van der Waals surface area contributed by atoms with Crippen LogP contribution in [0, 0.1) is 0 Å². The molecule has 0 aromatic heterocycles. The number of rotatable bonds is 6. The summed E-state index contributed by atoms with van der Waals surface area (Å²) in [6.07, 6.45) is 1.76. The molecule has 0 aliphatic heterocycles. The Bertz CT molecular complexity index is 992. The Hall–Kier alpha value is -3.28. The zero-order chi connectivity index (χ0) is 19.9. The van der Waals surface area contributed by atoms with Gasteiger partial charge in [0.05, 0.1) is 5.82 Å². The van der Waals surface area contributed by atoms with E-state index in [0.717, 1.165) is 0 Å². The molecule has 0 aliphatic rings. The first-order valence-corrected chi connectivity index (χ1v) is 11.5. The summed E-state index contributed by atoms with van der Waals surface area (Å²) in [7, 11) is -2.13. The van der Waals surface area contributed by atoms with Crippen LogP contribution in [-0.2, 0) is 0 Å². The molecule has 140 valence electrons. The molecule has 0 unspecified atom stereocenters. The summed E-state index contributed by atoms with van der Waals surface area (Å²) < 4.78 is 0. The molecule has 0 aliphatic carbocycles. The predicted molar refractivity (Wildman–Crippen MR) is 125 cm³/mol. The number of carbonyl (C=O) groups is 1. The SMILES string of the molecule is O=C(C=C[P+](c1ccccc1)(c1ccccc1)c1ccccc1)c1ccccc1. The lowest BCUT2D eigenvalue weighted by Gasteiger charge is -2.24. The van der Waals surface area contributed by atoms with E-state index < -0.39 is 7.26 Å². The molecule has 4 rings (SSSR count). The molecule has 0 fully saturated rings. The molecule has 0 saturated carbocycles. The number of carbonyl (C=O) groups excluding carboxylic acids is 1. The van der Waals surface area contributed by atoms with Gasteiger partial charge in [0.25, 0.3) is 0 Å². The van der Waals surface area contributed by atoms with Crippen molar-refractivity contribution in [3.63, 3.8) is 0 Å². The Morgan fingerprint density at radius 2 is 0.862 bits per heavy atom. The summed E-state index contributed by atoms with van der Waals surface area (Å²) >= 11 is 0. The van der Waals surface area contributed by atoms with E-state index in [0.29, 0.717) is 5.56 Å². The molecule has 29 heavy (non-hydrogen) atoms. The van der Waals surface area contributed by atoms with Crippen molar-refractivity contribution in [2.24, 2.45) is 0 Å². The lowest BCUT2D eigenvalue weighted by Crippen LogP contribution is -2.29. The highest BCUT2D eigenvalue weighted by Crippen LogP contribution is 2.56. The smallest absolute Gasteiger partial charge is 0.189 e. The molecule has 1 nitrogen and oxygen atoms in total. The molecule has 0 atom stereocenters. The summed E-state index contributed by atoms with van der Waals surface area (Å²) in [5.74, 6) is 2.18. The number of hydrogen-bond donors (Lipinski definition) is 0. The molecule has 2 heteroatoms. The average Bonchev–Trinajstić information content (AvgIpc) is 2.82. The summed E-state index contributed by atoms with van der Waals surface area (Å²) in [5, 5.41) is 3.69. The number of ketones is 1. The van der Waals surface area contributed by atoms with Gasteiger partial charge in [0.15, 0.2) is 5.78 Å². The van der Waals surface area contributed by atoms with Crippen LogP contribution in [0.15, 0.2) is 133 Å². The third-order valence-corrected chi connectivity index (χ3v) is 8.93. The number of benzene rings is 4. The van der Waals surface area contributed by atoms with Crippen LogP contribution in [0.3, 0.4) is 0 Å². The van der Waals surface area contributed by atoms with Crippen LogP contribution in [0.2, 0.25) is 0 Å². The second-order valence-corrected chi connectivity index (χ2v) is 10.1. The molecular weight excluding hydrogens is 371 g/mol.